The van der Waals surface area contributed by atoms with Crippen LogP contribution in [0.4, 0.5) is 13.2 Å². The Morgan fingerprint density at radius 2 is 1.92 bits per heavy atom. The van der Waals surface area contributed by atoms with Crippen LogP contribution in [0.3, 0.4) is 0 Å². The monoisotopic (exact) mass is 394 g/mol. The number of carbonyl (C=O) groups excluding carboxylic acids is 1. The predicted octanol–water partition coefficient (Wildman–Crippen LogP) is 1.90. The van der Waals surface area contributed by atoms with E-state index in [0.29, 0.717) is 12.8 Å². The lowest BCUT2D eigenvalue weighted by atomic mass is 10.0. The van der Waals surface area contributed by atoms with Gasteiger partial charge in [0.2, 0.25) is 10.0 Å². The number of hydrogen-bond donors (Lipinski definition) is 2. The molecule has 0 unspecified atom stereocenters. The highest BCUT2D eigenvalue weighted by Gasteiger charge is 2.36. The van der Waals surface area contributed by atoms with Gasteiger partial charge in [-0.05, 0) is 44.0 Å². The van der Waals surface area contributed by atoms with E-state index in [-0.39, 0.29) is 17.0 Å². The fourth-order valence-corrected chi connectivity index (χ4v) is 4.67. The van der Waals surface area contributed by atoms with Gasteiger partial charge >= 0.3 is 6.18 Å². The number of aliphatic hydroxyl groups excluding tert-OH is 1. The van der Waals surface area contributed by atoms with Crippen LogP contribution in [0.5, 0.6) is 0 Å². The van der Waals surface area contributed by atoms with Gasteiger partial charge in [0.15, 0.2) is 0 Å². The zero-order chi connectivity index (χ0) is 19.5. The number of sulfonamides is 1. The molecular weight excluding hydrogens is 373 g/mol. The van der Waals surface area contributed by atoms with Crippen molar-refractivity contribution in [2.75, 3.05) is 13.1 Å². The third-order valence-electron chi connectivity index (χ3n) is 4.23. The molecule has 0 aliphatic carbocycles. The molecule has 2 rings (SSSR count). The Kier molecular flexibility index (Phi) is 6.30. The lowest BCUT2D eigenvalue weighted by molar-refractivity contribution is -0.123. The van der Waals surface area contributed by atoms with E-state index in [0.717, 1.165) is 6.42 Å². The topological polar surface area (TPSA) is 86.7 Å². The lowest BCUT2D eigenvalue weighted by Crippen LogP contribution is -2.48. The lowest BCUT2D eigenvalue weighted by Gasteiger charge is -2.36. The van der Waals surface area contributed by atoms with Crippen LogP contribution in [0, 0.1) is 0 Å². The SMILES string of the molecule is C[C@@H](O)[C@@H]1CCCCN1S(=O)(=O)c1ccc(C(=O)NCC(F)(F)F)cc1. The van der Waals surface area contributed by atoms with Gasteiger partial charge in [0.05, 0.1) is 17.0 Å². The van der Waals surface area contributed by atoms with Gasteiger partial charge in [-0.1, -0.05) is 6.42 Å². The molecule has 1 aromatic rings. The summed E-state index contributed by atoms with van der Waals surface area (Å²) in [5.41, 5.74) is -0.0704. The number of hydrogen-bond acceptors (Lipinski definition) is 4. The Morgan fingerprint density at radius 3 is 2.46 bits per heavy atom. The van der Waals surface area contributed by atoms with Crippen molar-refractivity contribution in [2.45, 2.75) is 49.4 Å². The first-order chi connectivity index (χ1) is 12.0. The van der Waals surface area contributed by atoms with Crippen molar-refractivity contribution in [2.24, 2.45) is 0 Å². The molecule has 1 aliphatic heterocycles. The highest BCUT2D eigenvalue weighted by atomic mass is 32.2. The molecular formula is C16H21F3N2O4S. The first-order valence-electron chi connectivity index (χ1n) is 8.17. The molecule has 1 fully saturated rings. The van der Waals surface area contributed by atoms with Crippen molar-refractivity contribution < 1.29 is 31.5 Å². The minimum Gasteiger partial charge on any atom is -0.392 e. The van der Waals surface area contributed by atoms with E-state index in [1.165, 1.54) is 35.5 Å². The van der Waals surface area contributed by atoms with Crippen molar-refractivity contribution in [1.29, 1.82) is 0 Å². The van der Waals surface area contributed by atoms with Crippen LogP contribution in [-0.4, -0.2) is 55.1 Å². The number of rotatable bonds is 5. The Bertz CT molecular complexity index is 733. The van der Waals surface area contributed by atoms with Crippen LogP contribution >= 0.6 is 0 Å². The summed E-state index contributed by atoms with van der Waals surface area (Å²) < 4.78 is 63.3. The molecule has 146 valence electrons. The maximum atomic E-state index is 12.8. The van der Waals surface area contributed by atoms with E-state index in [9.17, 15) is 31.5 Å². The van der Waals surface area contributed by atoms with Crippen molar-refractivity contribution >= 4 is 15.9 Å². The number of nitrogens with one attached hydrogen (secondary N) is 1. The van der Waals surface area contributed by atoms with Crippen molar-refractivity contribution in [3.8, 4) is 0 Å². The average molecular weight is 394 g/mol. The van der Waals surface area contributed by atoms with Gasteiger partial charge in [0.1, 0.15) is 6.54 Å². The van der Waals surface area contributed by atoms with Gasteiger partial charge < -0.3 is 10.4 Å². The largest absolute Gasteiger partial charge is 0.405 e. The van der Waals surface area contributed by atoms with Crippen molar-refractivity contribution in [1.82, 2.24) is 9.62 Å². The number of alkyl halides is 3. The molecule has 1 heterocycles. The van der Waals surface area contributed by atoms with E-state index in [1.807, 2.05) is 0 Å². The van der Waals surface area contributed by atoms with Gasteiger partial charge in [0, 0.05) is 12.1 Å². The maximum absolute atomic E-state index is 12.8. The van der Waals surface area contributed by atoms with Crippen LogP contribution in [0.25, 0.3) is 0 Å². The highest BCUT2D eigenvalue weighted by Crippen LogP contribution is 2.27. The zero-order valence-corrected chi connectivity index (χ0v) is 15.0. The summed E-state index contributed by atoms with van der Waals surface area (Å²) in [4.78, 5) is 11.6. The van der Waals surface area contributed by atoms with Gasteiger partial charge in [-0.2, -0.15) is 17.5 Å². The molecule has 6 nitrogen and oxygen atoms in total. The molecule has 2 N–H and O–H groups in total. The van der Waals surface area contributed by atoms with E-state index >= 15 is 0 Å². The third-order valence-corrected chi connectivity index (χ3v) is 6.17. The first kappa shape index (κ1) is 20.7. The molecule has 0 radical (unpaired) electrons. The van der Waals surface area contributed by atoms with E-state index in [4.69, 9.17) is 0 Å². The summed E-state index contributed by atoms with van der Waals surface area (Å²) in [6, 6.07) is 4.18. The molecule has 2 atom stereocenters. The summed E-state index contributed by atoms with van der Waals surface area (Å²) in [5.74, 6) is -0.939. The first-order valence-corrected chi connectivity index (χ1v) is 9.61. The summed E-state index contributed by atoms with van der Waals surface area (Å²) in [6.07, 6.45) is -3.30. The van der Waals surface area contributed by atoms with E-state index in [2.05, 4.69) is 0 Å². The van der Waals surface area contributed by atoms with Crippen molar-refractivity contribution in [3.63, 3.8) is 0 Å². The Morgan fingerprint density at radius 1 is 1.31 bits per heavy atom. The second-order valence-corrected chi connectivity index (χ2v) is 8.13. The smallest absolute Gasteiger partial charge is 0.392 e. The standard InChI is InChI=1S/C16H21F3N2O4S/c1-11(22)14-4-2-3-9-21(14)26(24,25)13-7-5-12(6-8-13)15(23)20-10-16(17,18)19/h5-8,11,14,22H,2-4,9-10H2,1H3,(H,20,23)/t11-,14+/m1/s1. The second kappa shape index (κ2) is 7.93. The van der Waals surface area contributed by atoms with Gasteiger partial charge in [-0.3, -0.25) is 4.79 Å². The van der Waals surface area contributed by atoms with Gasteiger partial charge in [-0.15, -0.1) is 0 Å². The number of aliphatic hydroxyl groups is 1. The average Bonchev–Trinajstić information content (AvgIpc) is 2.59. The summed E-state index contributed by atoms with van der Waals surface area (Å²) in [6.45, 7) is 0.355. The van der Waals surface area contributed by atoms with Crippen LogP contribution in [0.15, 0.2) is 29.2 Å². The molecule has 1 amide bonds. The molecule has 1 aliphatic rings. The predicted molar refractivity (Wildman–Crippen MR) is 88.0 cm³/mol. The van der Waals surface area contributed by atoms with Gasteiger partial charge in [0.25, 0.3) is 5.91 Å². The molecule has 26 heavy (non-hydrogen) atoms. The molecule has 1 aromatic carbocycles. The number of carbonyl (C=O) groups is 1. The Hall–Kier alpha value is -1.65. The number of nitrogens with zero attached hydrogens (tertiary/aromatic N) is 1. The van der Waals surface area contributed by atoms with Crippen LogP contribution < -0.4 is 5.32 Å². The maximum Gasteiger partial charge on any atom is 0.405 e. The van der Waals surface area contributed by atoms with Crippen LogP contribution in [0.1, 0.15) is 36.5 Å². The minimum atomic E-state index is -4.52. The number of piperidine rings is 1. The van der Waals surface area contributed by atoms with Crippen LogP contribution in [0.2, 0.25) is 0 Å². The molecule has 10 heteroatoms. The normalized spacial score (nSPS) is 20.6. The van der Waals surface area contributed by atoms with E-state index in [1.54, 1.807) is 5.32 Å². The Labute approximate surface area is 150 Å². The Balaban J connectivity index is 2.17. The van der Waals surface area contributed by atoms with Gasteiger partial charge in [-0.25, -0.2) is 8.42 Å². The molecule has 1 saturated heterocycles. The molecule has 0 saturated carbocycles. The fourth-order valence-electron chi connectivity index (χ4n) is 2.91. The fraction of sp³-hybridized carbons (Fsp3) is 0.562. The van der Waals surface area contributed by atoms with Crippen molar-refractivity contribution in [3.05, 3.63) is 29.8 Å². The highest BCUT2D eigenvalue weighted by molar-refractivity contribution is 7.89. The number of benzene rings is 1. The number of halogens is 3. The minimum absolute atomic E-state index is 0.0704. The quantitative estimate of drug-likeness (QED) is 0.799. The number of amides is 1. The second-order valence-electron chi connectivity index (χ2n) is 6.24. The van der Waals surface area contributed by atoms with Crippen LogP contribution in [-0.2, 0) is 10.0 Å². The zero-order valence-electron chi connectivity index (χ0n) is 14.2. The summed E-state index contributed by atoms with van der Waals surface area (Å²) in [7, 11) is -3.87. The molecule has 0 spiro atoms. The third kappa shape index (κ3) is 4.95. The summed E-state index contributed by atoms with van der Waals surface area (Å²) >= 11 is 0. The van der Waals surface area contributed by atoms with E-state index < -0.39 is 40.8 Å². The molecule has 0 aromatic heterocycles. The summed E-state index contributed by atoms with van der Waals surface area (Å²) in [5, 5.41) is 11.6. The molecule has 0 bridgehead atoms.